The van der Waals surface area contributed by atoms with Gasteiger partial charge in [0.2, 0.25) is 0 Å². The molecule has 0 aliphatic heterocycles. The molecule has 0 spiro atoms. The fraction of sp³-hybridized carbons (Fsp3) is 0. The molecule has 38 valence electrons. The monoisotopic (exact) mass is 168 g/mol. The minimum atomic E-state index is -4.33. The Morgan fingerprint density at radius 2 is 1.50 bits per heavy atom. The van der Waals surface area contributed by atoms with Crippen LogP contribution >= 0.6 is 0 Å². The molecular weight excluding hydrogens is 168 g/mol. The largest absolute Gasteiger partial charge is 2.00 e. The van der Waals surface area contributed by atoms with Crippen molar-refractivity contribution in [2.24, 2.45) is 0 Å². The molecule has 0 saturated heterocycles. The Bertz CT molecular complexity index is 92.0. The van der Waals surface area contributed by atoms with E-state index >= 15 is 0 Å². The van der Waals surface area contributed by atoms with Crippen LogP contribution in [-0.2, 0) is 37.9 Å². The summed E-state index contributed by atoms with van der Waals surface area (Å²) in [5.41, 5.74) is 0. The molecule has 0 aromatic heterocycles. The van der Waals surface area contributed by atoms with Crippen molar-refractivity contribution in [3.8, 4) is 0 Å². The molecule has 0 fully saturated rings. The predicted octanol–water partition coefficient (Wildman–Crippen LogP) is -1.01. The molecule has 0 atom stereocenters. The average Bonchev–Trinajstić information content (AvgIpc) is 0.722. The first kappa shape index (κ1) is 9.91. The van der Waals surface area contributed by atoms with Gasteiger partial charge in [-0.3, -0.25) is 8.42 Å². The molecule has 0 N–H and O–H groups in total. The molecule has 0 saturated carbocycles. The van der Waals surface area contributed by atoms with Crippen LogP contribution in [0.25, 0.3) is 0 Å². The molecule has 0 aliphatic rings. The van der Waals surface area contributed by atoms with Gasteiger partial charge in [0, 0.05) is 0 Å². The van der Waals surface area contributed by atoms with Crippen molar-refractivity contribution >= 4 is 20.8 Å². The zero-order valence-electron chi connectivity index (χ0n) is 2.39. The van der Waals surface area contributed by atoms with Crippen LogP contribution in [0.4, 0.5) is 0 Å². The molecule has 0 unspecified atom stereocenters. The van der Waals surface area contributed by atoms with E-state index in [9.17, 15) is 0 Å². The van der Waals surface area contributed by atoms with Crippen LogP contribution in [-0.4, -0.2) is 13.0 Å². The van der Waals surface area contributed by atoms with Gasteiger partial charge in [0.1, 0.15) is 0 Å². The van der Waals surface area contributed by atoms with Crippen molar-refractivity contribution in [1.82, 2.24) is 0 Å². The molecule has 0 aliphatic carbocycles. The second-order valence-corrected chi connectivity index (χ2v) is 2.45. The number of rotatable bonds is 0. The van der Waals surface area contributed by atoms with Crippen molar-refractivity contribution in [3.63, 3.8) is 0 Å². The molecule has 6 heteroatoms. The summed E-state index contributed by atoms with van der Waals surface area (Å²) in [6.07, 6.45) is 0. The van der Waals surface area contributed by atoms with Gasteiger partial charge in [0.25, 0.3) is 0 Å². The van der Waals surface area contributed by atoms with Crippen LogP contribution in [0.3, 0.4) is 0 Å². The van der Waals surface area contributed by atoms with Crippen molar-refractivity contribution in [3.05, 3.63) is 0 Å². The van der Waals surface area contributed by atoms with Crippen LogP contribution < -0.4 is 0 Å². The van der Waals surface area contributed by atoms with Crippen LogP contribution in [0.2, 0.25) is 0 Å². The molecule has 3 nitrogen and oxygen atoms in total. The van der Waals surface area contributed by atoms with Crippen molar-refractivity contribution in [1.29, 1.82) is 0 Å². The molecule has 0 heterocycles. The van der Waals surface area contributed by atoms with E-state index in [4.69, 9.17) is 13.0 Å². The zero-order chi connectivity index (χ0) is 4.50. The van der Waals surface area contributed by atoms with E-state index < -0.39 is 9.15 Å². The zero-order valence-corrected chi connectivity index (χ0v) is 5.13. The molecule has 0 rings (SSSR count). The maximum Gasteiger partial charge on any atom is 2.00 e. The third-order valence-electron chi connectivity index (χ3n) is 0. The predicted molar refractivity (Wildman–Crippen MR) is 17.1 cm³/mol. The Hall–Kier alpha value is 0.779. The maximum atomic E-state index is 8.89. The van der Waals surface area contributed by atoms with E-state index in [1.54, 1.807) is 0 Å². The van der Waals surface area contributed by atoms with Gasteiger partial charge >= 0.3 is 17.1 Å². The second kappa shape index (κ2) is 2.87. The van der Waals surface area contributed by atoms with Gasteiger partial charge in [-0.15, -0.1) is 0 Å². The Morgan fingerprint density at radius 1 is 1.50 bits per heavy atom. The maximum absolute atomic E-state index is 8.89. The third kappa shape index (κ3) is 112. The Morgan fingerprint density at radius 3 is 1.50 bits per heavy atom. The normalized spacial score (nSPS) is 9.67. The SMILES string of the molecule is O=S(=O)([O-])[S-].[Fe+2]. The first-order chi connectivity index (χ1) is 2.00. The second-order valence-electron chi connectivity index (χ2n) is 0.408. The van der Waals surface area contributed by atoms with Gasteiger partial charge in [-0.1, -0.05) is 0 Å². The van der Waals surface area contributed by atoms with Gasteiger partial charge in [-0.25, -0.2) is 0 Å². The van der Waals surface area contributed by atoms with Crippen LogP contribution in [0, 0.1) is 0 Å². The van der Waals surface area contributed by atoms with Crippen molar-refractivity contribution < 1.29 is 30.0 Å². The molecule has 0 radical (unpaired) electrons. The van der Waals surface area contributed by atoms with E-state index in [0.29, 0.717) is 0 Å². The van der Waals surface area contributed by atoms with Gasteiger partial charge in [0.15, 0.2) is 0 Å². The Labute approximate surface area is 51.2 Å². The fourth-order valence-electron chi connectivity index (χ4n) is 0. The summed E-state index contributed by atoms with van der Waals surface area (Å²) in [6.45, 7) is 0. The van der Waals surface area contributed by atoms with Gasteiger partial charge < -0.3 is 16.2 Å². The standard InChI is InChI=1S/Fe.H2O3S2/c;1-5(2,3)4/h;(H2,1,2,3,4)/q+2;/p-2. The smallest absolute Gasteiger partial charge is 0.768 e. The van der Waals surface area contributed by atoms with Gasteiger partial charge in [-0.05, 0) is 9.15 Å². The van der Waals surface area contributed by atoms with E-state index in [1.807, 2.05) is 0 Å². The summed E-state index contributed by atoms with van der Waals surface area (Å²) < 4.78 is 26.7. The summed E-state index contributed by atoms with van der Waals surface area (Å²) in [4.78, 5) is 0. The summed E-state index contributed by atoms with van der Waals surface area (Å²) >= 11 is 3.24. The van der Waals surface area contributed by atoms with E-state index in [2.05, 4.69) is 11.7 Å². The molecule has 0 aromatic carbocycles. The van der Waals surface area contributed by atoms with Crippen LogP contribution in [0.15, 0.2) is 0 Å². The quantitative estimate of drug-likeness (QED) is 0.201. The first-order valence-electron chi connectivity index (χ1n) is 0.667. The number of hydrogen-bond acceptors (Lipinski definition) is 4. The van der Waals surface area contributed by atoms with Gasteiger partial charge in [-0.2, -0.15) is 0 Å². The van der Waals surface area contributed by atoms with Crippen molar-refractivity contribution in [2.75, 3.05) is 0 Å². The molecule has 6 heavy (non-hydrogen) atoms. The minimum absolute atomic E-state index is 0. The van der Waals surface area contributed by atoms with Crippen molar-refractivity contribution in [2.45, 2.75) is 0 Å². The van der Waals surface area contributed by atoms with Crippen LogP contribution in [0.5, 0.6) is 0 Å². The molecular formula is FeO3S2. The summed E-state index contributed by atoms with van der Waals surface area (Å²) in [5, 5.41) is 0. The Kier molecular flexibility index (Phi) is 4.75. The summed E-state index contributed by atoms with van der Waals surface area (Å²) in [7, 11) is -4.33. The van der Waals surface area contributed by atoms with E-state index in [-0.39, 0.29) is 17.1 Å². The van der Waals surface area contributed by atoms with Crippen LogP contribution in [0.1, 0.15) is 0 Å². The number of hydrogen-bond donors (Lipinski definition) is 0. The molecule has 0 amide bonds. The first-order valence-corrected chi connectivity index (χ1v) is 3.00. The van der Waals surface area contributed by atoms with E-state index in [1.165, 1.54) is 0 Å². The molecule has 0 aromatic rings. The summed E-state index contributed by atoms with van der Waals surface area (Å²) in [5.74, 6) is 0. The average molecular weight is 168 g/mol. The third-order valence-corrected chi connectivity index (χ3v) is 0. The minimum Gasteiger partial charge on any atom is -0.768 e. The molecule has 0 bridgehead atoms. The topological polar surface area (TPSA) is 57.2 Å². The van der Waals surface area contributed by atoms with Gasteiger partial charge in [0.05, 0.1) is 0 Å². The fourth-order valence-corrected chi connectivity index (χ4v) is 0. The van der Waals surface area contributed by atoms with E-state index in [0.717, 1.165) is 0 Å². The Balaban J connectivity index is 0. The summed E-state index contributed by atoms with van der Waals surface area (Å²) in [6, 6.07) is 0.